The van der Waals surface area contributed by atoms with Gasteiger partial charge in [0.2, 0.25) is 0 Å². The van der Waals surface area contributed by atoms with Gasteiger partial charge in [0, 0.05) is 6.54 Å². The Hall–Kier alpha value is -3.07. The van der Waals surface area contributed by atoms with Crippen LogP contribution in [0.1, 0.15) is 49.3 Å². The molecule has 2 aromatic heterocycles. The van der Waals surface area contributed by atoms with Crippen LogP contribution < -0.4 is 5.32 Å². The first-order valence-electron chi connectivity index (χ1n) is 8.91. The number of benzene rings is 1. The van der Waals surface area contributed by atoms with E-state index in [2.05, 4.69) is 20.6 Å². The maximum atomic E-state index is 12.1. The Balaban J connectivity index is 1.46. The molecule has 0 saturated heterocycles. The molecule has 9 heteroatoms. The zero-order valence-corrected chi connectivity index (χ0v) is 16.5. The Labute approximate surface area is 166 Å². The highest BCUT2D eigenvalue weighted by atomic mass is 32.1. The summed E-state index contributed by atoms with van der Waals surface area (Å²) in [5, 5.41) is 21.1. The number of carboxylic acids is 1. The standard InChI is InChI=1S/C19H21N5O3S/c1-12-17(28-13(2)21-12)18(25)20-9-4-3-7-15-11-24(23-22-15)16-8-5-6-14(10-16)19(26)27/h5-6,8,10-11H,3-4,7,9H2,1-2H3,(H,20,25)(H,26,27). The van der Waals surface area contributed by atoms with Crippen LogP contribution in [0.5, 0.6) is 0 Å². The Bertz CT molecular complexity index is 995. The molecule has 0 fully saturated rings. The van der Waals surface area contributed by atoms with Crippen molar-refractivity contribution < 1.29 is 14.7 Å². The second-order valence-electron chi connectivity index (χ2n) is 6.37. The molecule has 1 amide bonds. The fourth-order valence-corrected chi connectivity index (χ4v) is 3.61. The van der Waals surface area contributed by atoms with Crippen molar-refractivity contribution in [1.82, 2.24) is 25.3 Å². The van der Waals surface area contributed by atoms with E-state index in [9.17, 15) is 9.59 Å². The minimum absolute atomic E-state index is 0.0765. The summed E-state index contributed by atoms with van der Waals surface area (Å²) in [5.74, 6) is -1.06. The van der Waals surface area contributed by atoms with Crippen molar-refractivity contribution in [1.29, 1.82) is 0 Å². The summed E-state index contributed by atoms with van der Waals surface area (Å²) in [4.78, 5) is 28.1. The lowest BCUT2D eigenvalue weighted by Gasteiger charge is -2.03. The Morgan fingerprint density at radius 3 is 2.79 bits per heavy atom. The van der Waals surface area contributed by atoms with Crippen LogP contribution in [-0.2, 0) is 6.42 Å². The highest BCUT2D eigenvalue weighted by Crippen LogP contribution is 2.16. The van der Waals surface area contributed by atoms with Crippen molar-refractivity contribution in [2.45, 2.75) is 33.1 Å². The first kappa shape index (κ1) is 19.7. The molecule has 28 heavy (non-hydrogen) atoms. The van der Waals surface area contributed by atoms with Gasteiger partial charge in [-0.15, -0.1) is 16.4 Å². The van der Waals surface area contributed by atoms with Crippen LogP contribution in [0.2, 0.25) is 0 Å². The number of hydrogen-bond acceptors (Lipinski definition) is 6. The van der Waals surface area contributed by atoms with E-state index in [4.69, 9.17) is 5.11 Å². The van der Waals surface area contributed by atoms with Gasteiger partial charge in [0.1, 0.15) is 4.88 Å². The van der Waals surface area contributed by atoms with E-state index in [1.54, 1.807) is 29.1 Å². The Morgan fingerprint density at radius 1 is 1.25 bits per heavy atom. The molecule has 0 aliphatic rings. The molecular weight excluding hydrogens is 378 g/mol. The molecule has 2 heterocycles. The summed E-state index contributed by atoms with van der Waals surface area (Å²) in [6.07, 6.45) is 4.20. The number of nitrogens with zero attached hydrogens (tertiary/aromatic N) is 4. The van der Waals surface area contributed by atoms with Crippen molar-refractivity contribution in [2.24, 2.45) is 0 Å². The fraction of sp³-hybridized carbons (Fsp3) is 0.316. The quantitative estimate of drug-likeness (QED) is 0.564. The third kappa shape index (κ3) is 4.80. The number of carboxylic acid groups (broad SMARTS) is 1. The van der Waals surface area contributed by atoms with E-state index in [-0.39, 0.29) is 11.5 Å². The largest absolute Gasteiger partial charge is 0.478 e. The molecule has 0 aliphatic heterocycles. The number of nitrogens with one attached hydrogen (secondary N) is 1. The number of amides is 1. The maximum Gasteiger partial charge on any atom is 0.335 e. The molecule has 0 aliphatic carbocycles. The lowest BCUT2D eigenvalue weighted by Crippen LogP contribution is -2.24. The summed E-state index contributed by atoms with van der Waals surface area (Å²) >= 11 is 1.41. The van der Waals surface area contributed by atoms with Crippen molar-refractivity contribution in [3.8, 4) is 5.69 Å². The number of thiazole rings is 1. The second-order valence-corrected chi connectivity index (χ2v) is 7.57. The monoisotopic (exact) mass is 399 g/mol. The van der Waals surface area contributed by atoms with Gasteiger partial charge in [-0.25, -0.2) is 14.5 Å². The van der Waals surface area contributed by atoms with E-state index in [0.717, 1.165) is 35.7 Å². The number of aromatic nitrogens is 4. The van der Waals surface area contributed by atoms with E-state index >= 15 is 0 Å². The van der Waals surface area contributed by atoms with E-state index in [1.807, 2.05) is 13.8 Å². The van der Waals surface area contributed by atoms with Crippen molar-refractivity contribution in [3.63, 3.8) is 0 Å². The van der Waals surface area contributed by atoms with Gasteiger partial charge in [-0.3, -0.25) is 4.79 Å². The number of aromatic carboxylic acids is 1. The molecule has 0 radical (unpaired) electrons. The van der Waals surface area contributed by atoms with Crippen molar-refractivity contribution >= 4 is 23.2 Å². The minimum Gasteiger partial charge on any atom is -0.478 e. The van der Waals surface area contributed by atoms with Gasteiger partial charge in [-0.1, -0.05) is 11.3 Å². The lowest BCUT2D eigenvalue weighted by atomic mass is 10.2. The highest BCUT2D eigenvalue weighted by molar-refractivity contribution is 7.13. The number of carbonyl (C=O) groups is 2. The molecule has 1 aromatic carbocycles. The van der Waals surface area contributed by atoms with Gasteiger partial charge in [0.25, 0.3) is 5.91 Å². The fourth-order valence-electron chi connectivity index (χ4n) is 2.78. The number of carbonyl (C=O) groups excluding carboxylic acids is 1. The van der Waals surface area contributed by atoms with Crippen LogP contribution in [0.3, 0.4) is 0 Å². The third-order valence-corrected chi connectivity index (χ3v) is 5.23. The molecular formula is C19H21N5O3S. The summed E-state index contributed by atoms with van der Waals surface area (Å²) < 4.78 is 1.57. The topological polar surface area (TPSA) is 110 Å². The first-order valence-corrected chi connectivity index (χ1v) is 9.73. The van der Waals surface area contributed by atoms with Crippen LogP contribution in [-0.4, -0.2) is 43.5 Å². The second kappa shape index (κ2) is 8.75. The Kier molecular flexibility index (Phi) is 6.15. The van der Waals surface area contributed by atoms with Crippen LogP contribution in [0, 0.1) is 13.8 Å². The Morgan fingerprint density at radius 2 is 2.07 bits per heavy atom. The summed E-state index contributed by atoms with van der Waals surface area (Å²) in [5.41, 5.74) is 2.45. The third-order valence-electron chi connectivity index (χ3n) is 4.15. The molecule has 0 saturated carbocycles. The van der Waals surface area contributed by atoms with E-state index in [1.165, 1.54) is 17.4 Å². The minimum atomic E-state index is -0.979. The van der Waals surface area contributed by atoms with Gasteiger partial charge in [0.15, 0.2) is 0 Å². The average Bonchev–Trinajstić information content (AvgIpc) is 3.27. The van der Waals surface area contributed by atoms with Gasteiger partial charge in [0.05, 0.1) is 33.8 Å². The number of aryl methyl sites for hydroxylation is 3. The normalized spacial score (nSPS) is 10.8. The molecule has 3 rings (SSSR count). The van der Waals surface area contributed by atoms with E-state index in [0.29, 0.717) is 17.1 Å². The summed E-state index contributed by atoms with van der Waals surface area (Å²) in [6, 6.07) is 6.55. The van der Waals surface area contributed by atoms with Crippen LogP contribution in [0.4, 0.5) is 0 Å². The zero-order chi connectivity index (χ0) is 20.1. The molecule has 2 N–H and O–H groups in total. The van der Waals surface area contributed by atoms with Crippen LogP contribution in [0.25, 0.3) is 5.69 Å². The van der Waals surface area contributed by atoms with Gasteiger partial charge in [-0.05, 0) is 51.3 Å². The predicted molar refractivity (Wildman–Crippen MR) is 105 cm³/mol. The van der Waals surface area contributed by atoms with E-state index < -0.39 is 5.97 Å². The highest BCUT2D eigenvalue weighted by Gasteiger charge is 2.13. The summed E-state index contributed by atoms with van der Waals surface area (Å²) in [6.45, 7) is 4.32. The van der Waals surface area contributed by atoms with Crippen molar-refractivity contribution in [2.75, 3.05) is 6.54 Å². The predicted octanol–water partition coefficient (Wildman–Crippen LogP) is 2.79. The zero-order valence-electron chi connectivity index (χ0n) is 15.7. The van der Waals surface area contributed by atoms with Crippen LogP contribution >= 0.6 is 11.3 Å². The molecule has 0 bridgehead atoms. The number of rotatable bonds is 8. The van der Waals surface area contributed by atoms with Crippen LogP contribution in [0.15, 0.2) is 30.5 Å². The SMILES string of the molecule is Cc1nc(C)c(C(=O)NCCCCc2cn(-c3cccc(C(=O)O)c3)nn2)s1. The number of hydrogen-bond donors (Lipinski definition) is 2. The van der Waals surface area contributed by atoms with Gasteiger partial charge < -0.3 is 10.4 Å². The molecule has 0 spiro atoms. The smallest absolute Gasteiger partial charge is 0.335 e. The van der Waals surface area contributed by atoms with Crippen molar-refractivity contribution in [3.05, 3.63) is 57.3 Å². The summed E-state index contributed by atoms with van der Waals surface area (Å²) in [7, 11) is 0. The van der Waals surface area contributed by atoms with Gasteiger partial charge >= 0.3 is 5.97 Å². The molecule has 146 valence electrons. The maximum absolute atomic E-state index is 12.1. The lowest BCUT2D eigenvalue weighted by molar-refractivity contribution is 0.0696. The number of unbranched alkanes of at least 4 members (excludes halogenated alkanes) is 1. The molecule has 0 unspecified atom stereocenters. The first-order chi connectivity index (χ1) is 13.4. The average molecular weight is 399 g/mol. The molecule has 0 atom stereocenters. The van der Waals surface area contributed by atoms with Gasteiger partial charge in [-0.2, -0.15) is 0 Å². The molecule has 3 aromatic rings. The molecule has 8 nitrogen and oxygen atoms in total.